The summed E-state index contributed by atoms with van der Waals surface area (Å²) in [7, 11) is 1.41. The van der Waals surface area contributed by atoms with Crippen LogP contribution in [0.15, 0.2) is 36.5 Å². The topological polar surface area (TPSA) is 39.2 Å². The van der Waals surface area contributed by atoms with E-state index in [2.05, 4.69) is 4.98 Å². The Morgan fingerprint density at radius 2 is 2.11 bits per heavy atom. The van der Waals surface area contributed by atoms with Gasteiger partial charge in [0.05, 0.1) is 7.11 Å². The van der Waals surface area contributed by atoms with Crippen molar-refractivity contribution in [1.82, 2.24) is 4.98 Å². The zero-order valence-corrected chi connectivity index (χ0v) is 10.8. The maximum absolute atomic E-state index is 13.5. The lowest BCUT2D eigenvalue weighted by Gasteiger charge is -2.05. The molecule has 4 heteroatoms. The van der Waals surface area contributed by atoms with E-state index < -0.39 is 5.82 Å². The van der Waals surface area contributed by atoms with E-state index in [1.54, 1.807) is 24.4 Å². The van der Waals surface area contributed by atoms with Crippen molar-refractivity contribution in [1.29, 1.82) is 0 Å². The van der Waals surface area contributed by atoms with Gasteiger partial charge in [0, 0.05) is 23.9 Å². The molecular formula is C15H14FNO2. The summed E-state index contributed by atoms with van der Waals surface area (Å²) in [6.45, 7) is 1.82. The third-order valence-electron chi connectivity index (χ3n) is 2.80. The lowest BCUT2D eigenvalue weighted by Crippen LogP contribution is -2.04. The molecule has 0 aliphatic heterocycles. The predicted molar refractivity (Wildman–Crippen MR) is 70.0 cm³/mol. The first-order valence-electron chi connectivity index (χ1n) is 5.88. The molecule has 98 valence electrons. The Kier molecular flexibility index (Phi) is 3.90. The van der Waals surface area contributed by atoms with Gasteiger partial charge in [0.15, 0.2) is 17.3 Å². The van der Waals surface area contributed by atoms with Crippen LogP contribution in [0.25, 0.3) is 0 Å². The van der Waals surface area contributed by atoms with Crippen LogP contribution in [-0.4, -0.2) is 17.9 Å². The average Bonchev–Trinajstić information content (AvgIpc) is 2.39. The zero-order chi connectivity index (χ0) is 13.8. The highest BCUT2D eigenvalue weighted by Gasteiger charge is 2.10. The van der Waals surface area contributed by atoms with E-state index in [1.165, 1.54) is 19.2 Å². The molecule has 0 atom stereocenters. The van der Waals surface area contributed by atoms with E-state index >= 15 is 0 Å². The van der Waals surface area contributed by atoms with Crippen LogP contribution in [0.3, 0.4) is 0 Å². The lowest BCUT2D eigenvalue weighted by molar-refractivity contribution is 0.0992. The minimum Gasteiger partial charge on any atom is -0.494 e. The Labute approximate surface area is 111 Å². The number of methoxy groups -OCH3 is 1. The molecule has 0 aliphatic carbocycles. The van der Waals surface area contributed by atoms with Gasteiger partial charge in [0.2, 0.25) is 0 Å². The molecule has 0 radical (unpaired) electrons. The summed E-state index contributed by atoms with van der Waals surface area (Å²) < 4.78 is 18.4. The van der Waals surface area contributed by atoms with Gasteiger partial charge in [-0.25, -0.2) is 4.39 Å². The van der Waals surface area contributed by atoms with Gasteiger partial charge in [-0.15, -0.1) is 0 Å². The summed E-state index contributed by atoms with van der Waals surface area (Å²) >= 11 is 0. The second-order valence-corrected chi connectivity index (χ2v) is 4.25. The fraction of sp³-hybridized carbons (Fsp3) is 0.200. The Balaban J connectivity index is 2.17. The van der Waals surface area contributed by atoms with Crippen molar-refractivity contribution in [3.8, 4) is 5.75 Å². The molecule has 0 unspecified atom stereocenters. The van der Waals surface area contributed by atoms with E-state index in [9.17, 15) is 9.18 Å². The standard InChI is InChI=1S/C15H14FNO2/c1-10-7-12(5-6-17-10)14(18)9-11-3-4-15(19-2)13(16)8-11/h3-8H,9H2,1-2H3. The fourth-order valence-corrected chi connectivity index (χ4v) is 1.83. The molecule has 2 rings (SSSR count). The van der Waals surface area contributed by atoms with Gasteiger partial charge in [0.25, 0.3) is 0 Å². The molecule has 3 nitrogen and oxygen atoms in total. The molecule has 0 amide bonds. The number of hydrogen-bond donors (Lipinski definition) is 0. The maximum Gasteiger partial charge on any atom is 0.167 e. The number of nitrogens with zero attached hydrogens (tertiary/aromatic N) is 1. The molecule has 0 aliphatic rings. The Morgan fingerprint density at radius 1 is 1.32 bits per heavy atom. The fourth-order valence-electron chi connectivity index (χ4n) is 1.83. The molecule has 1 heterocycles. The van der Waals surface area contributed by atoms with Crippen molar-refractivity contribution < 1.29 is 13.9 Å². The number of aryl methyl sites for hydroxylation is 1. The van der Waals surface area contributed by atoms with Crippen molar-refractivity contribution in [3.05, 3.63) is 59.2 Å². The van der Waals surface area contributed by atoms with Crippen LogP contribution < -0.4 is 4.74 Å². The number of rotatable bonds is 4. The van der Waals surface area contributed by atoms with Crippen molar-refractivity contribution >= 4 is 5.78 Å². The maximum atomic E-state index is 13.5. The van der Waals surface area contributed by atoms with Crippen LogP contribution in [0.5, 0.6) is 5.75 Å². The quantitative estimate of drug-likeness (QED) is 0.792. The molecule has 1 aromatic heterocycles. The van der Waals surface area contributed by atoms with Gasteiger partial charge in [-0.2, -0.15) is 0 Å². The number of halogens is 1. The summed E-state index contributed by atoms with van der Waals surface area (Å²) in [5.74, 6) is -0.343. The molecule has 0 spiro atoms. The van der Waals surface area contributed by atoms with Crippen LogP contribution in [0.1, 0.15) is 21.6 Å². The van der Waals surface area contributed by atoms with Crippen molar-refractivity contribution in [2.24, 2.45) is 0 Å². The molecule has 0 N–H and O–H groups in total. The number of carbonyl (C=O) groups is 1. The number of ether oxygens (including phenoxy) is 1. The Morgan fingerprint density at radius 3 is 2.74 bits per heavy atom. The highest BCUT2D eigenvalue weighted by Crippen LogP contribution is 2.18. The average molecular weight is 259 g/mol. The molecule has 0 saturated heterocycles. The second-order valence-electron chi connectivity index (χ2n) is 4.25. The molecule has 1 aromatic carbocycles. The van der Waals surface area contributed by atoms with Crippen molar-refractivity contribution in [3.63, 3.8) is 0 Å². The van der Waals surface area contributed by atoms with Crippen LogP contribution in [-0.2, 0) is 6.42 Å². The van der Waals surface area contributed by atoms with E-state index in [1.807, 2.05) is 6.92 Å². The smallest absolute Gasteiger partial charge is 0.167 e. The molecular weight excluding hydrogens is 245 g/mol. The monoisotopic (exact) mass is 259 g/mol. The van der Waals surface area contributed by atoms with Crippen molar-refractivity contribution in [2.75, 3.05) is 7.11 Å². The van der Waals surface area contributed by atoms with Crippen LogP contribution in [0, 0.1) is 12.7 Å². The number of Topliss-reactive ketones (excluding diaryl/α,β-unsaturated/α-hetero) is 1. The minimum atomic E-state index is -0.460. The first kappa shape index (κ1) is 13.2. The summed E-state index contributed by atoms with van der Waals surface area (Å²) in [6.07, 6.45) is 1.75. The largest absolute Gasteiger partial charge is 0.494 e. The van der Waals surface area contributed by atoms with Gasteiger partial charge in [-0.3, -0.25) is 9.78 Å². The number of ketones is 1. The van der Waals surface area contributed by atoms with E-state index in [0.717, 1.165) is 5.69 Å². The van der Waals surface area contributed by atoms with Crippen LogP contribution in [0.4, 0.5) is 4.39 Å². The first-order chi connectivity index (χ1) is 9.10. The molecule has 0 bridgehead atoms. The molecule has 0 fully saturated rings. The van der Waals surface area contributed by atoms with Gasteiger partial charge < -0.3 is 4.74 Å². The van der Waals surface area contributed by atoms with E-state index in [-0.39, 0.29) is 18.0 Å². The highest BCUT2D eigenvalue weighted by molar-refractivity contribution is 5.97. The van der Waals surface area contributed by atoms with E-state index in [0.29, 0.717) is 11.1 Å². The zero-order valence-electron chi connectivity index (χ0n) is 10.8. The number of benzene rings is 1. The van der Waals surface area contributed by atoms with Gasteiger partial charge in [0.1, 0.15) is 0 Å². The van der Waals surface area contributed by atoms with Crippen molar-refractivity contribution in [2.45, 2.75) is 13.3 Å². The van der Waals surface area contributed by atoms with Gasteiger partial charge in [-0.1, -0.05) is 6.07 Å². The number of pyridine rings is 1. The van der Waals surface area contributed by atoms with Gasteiger partial charge in [-0.05, 0) is 36.8 Å². The van der Waals surface area contributed by atoms with Crippen LogP contribution in [0.2, 0.25) is 0 Å². The summed E-state index contributed by atoms with van der Waals surface area (Å²) in [4.78, 5) is 16.1. The third kappa shape index (κ3) is 3.16. The Hall–Kier alpha value is -2.23. The predicted octanol–water partition coefficient (Wildman–Crippen LogP) is 2.96. The molecule has 19 heavy (non-hydrogen) atoms. The lowest BCUT2D eigenvalue weighted by atomic mass is 10.0. The summed E-state index contributed by atoms with van der Waals surface area (Å²) in [6, 6.07) is 7.92. The first-order valence-corrected chi connectivity index (χ1v) is 5.88. The third-order valence-corrected chi connectivity index (χ3v) is 2.80. The molecule has 2 aromatic rings. The van der Waals surface area contributed by atoms with Gasteiger partial charge >= 0.3 is 0 Å². The number of hydrogen-bond acceptors (Lipinski definition) is 3. The SMILES string of the molecule is COc1ccc(CC(=O)c2ccnc(C)c2)cc1F. The summed E-state index contributed by atoms with van der Waals surface area (Å²) in [5.41, 5.74) is 1.99. The van der Waals surface area contributed by atoms with Crippen LogP contribution >= 0.6 is 0 Å². The minimum absolute atomic E-state index is 0.0601. The number of carbonyl (C=O) groups excluding carboxylic acids is 1. The van der Waals surface area contributed by atoms with E-state index in [4.69, 9.17) is 4.74 Å². The summed E-state index contributed by atoms with van der Waals surface area (Å²) in [5, 5.41) is 0. The molecule has 0 saturated carbocycles. The highest BCUT2D eigenvalue weighted by atomic mass is 19.1. The Bertz CT molecular complexity index is 611. The second kappa shape index (κ2) is 5.61. The number of aromatic nitrogens is 1. The normalized spacial score (nSPS) is 10.3.